The van der Waals surface area contributed by atoms with E-state index in [1.807, 2.05) is 0 Å². The van der Waals surface area contributed by atoms with E-state index in [-0.39, 0.29) is 0 Å². The zero-order valence-electron chi connectivity index (χ0n) is 8.31. The van der Waals surface area contributed by atoms with Crippen LogP contribution < -0.4 is 5.32 Å². The minimum absolute atomic E-state index is 0.634. The van der Waals surface area contributed by atoms with Crippen LogP contribution in [0.4, 0.5) is 0 Å². The molecule has 72 valence electrons. The molecule has 0 aromatic rings. The van der Waals surface area contributed by atoms with E-state index in [9.17, 15) is 0 Å². The lowest BCUT2D eigenvalue weighted by Gasteiger charge is -2.10. The first kappa shape index (κ1) is 10.0. The Morgan fingerprint density at radius 2 is 2.25 bits per heavy atom. The fraction of sp³-hybridized carbons (Fsp3) is 1.00. The zero-order valence-corrected chi connectivity index (χ0v) is 8.31. The van der Waals surface area contributed by atoms with E-state index in [0.717, 1.165) is 25.7 Å². The molecule has 1 aliphatic rings. The first-order valence-electron chi connectivity index (χ1n) is 5.14. The summed E-state index contributed by atoms with van der Waals surface area (Å²) in [4.78, 5) is 0. The Morgan fingerprint density at radius 1 is 1.50 bits per heavy atom. The maximum absolute atomic E-state index is 5.49. The summed E-state index contributed by atoms with van der Waals surface area (Å²) >= 11 is 0. The predicted octanol–water partition coefficient (Wildman–Crippen LogP) is 1.80. The number of ether oxygens (including phenoxy) is 1. The molecule has 2 heteroatoms. The fourth-order valence-electron chi connectivity index (χ4n) is 1.06. The Labute approximate surface area is 75.7 Å². The lowest BCUT2D eigenvalue weighted by molar-refractivity contribution is 0.124. The third-order valence-corrected chi connectivity index (χ3v) is 2.40. The molecule has 1 saturated carbocycles. The van der Waals surface area contributed by atoms with E-state index in [1.54, 1.807) is 0 Å². The van der Waals surface area contributed by atoms with Crippen LogP contribution in [0.3, 0.4) is 0 Å². The van der Waals surface area contributed by atoms with Crippen molar-refractivity contribution in [3.63, 3.8) is 0 Å². The van der Waals surface area contributed by atoms with Gasteiger partial charge in [-0.3, -0.25) is 0 Å². The van der Waals surface area contributed by atoms with Gasteiger partial charge in [0.2, 0.25) is 0 Å². The first-order chi connectivity index (χ1) is 5.83. The number of hydrogen-bond acceptors (Lipinski definition) is 2. The molecule has 0 saturated heterocycles. The molecule has 12 heavy (non-hydrogen) atoms. The highest BCUT2D eigenvalue weighted by Gasteiger charge is 2.20. The molecule has 1 atom stereocenters. The summed E-state index contributed by atoms with van der Waals surface area (Å²) in [5, 5.41) is 3.40. The second-order valence-corrected chi connectivity index (χ2v) is 3.78. The first-order valence-corrected chi connectivity index (χ1v) is 5.14. The van der Waals surface area contributed by atoms with E-state index in [4.69, 9.17) is 4.74 Å². The van der Waals surface area contributed by atoms with Gasteiger partial charge in [-0.25, -0.2) is 0 Å². The van der Waals surface area contributed by atoms with Gasteiger partial charge in [0.1, 0.15) is 0 Å². The molecule has 1 unspecified atom stereocenters. The summed E-state index contributed by atoms with van der Waals surface area (Å²) in [6.07, 6.45) is 3.97. The average Bonchev–Trinajstić information content (AvgIpc) is 2.87. The van der Waals surface area contributed by atoms with Gasteiger partial charge in [-0.05, 0) is 32.1 Å². The molecular weight excluding hydrogens is 150 g/mol. The van der Waals surface area contributed by atoms with Crippen LogP contribution in [0.15, 0.2) is 0 Å². The highest BCUT2D eigenvalue weighted by atomic mass is 16.5. The molecule has 2 nitrogen and oxygen atoms in total. The van der Waals surface area contributed by atoms with Crippen molar-refractivity contribution < 1.29 is 4.74 Å². The zero-order chi connectivity index (χ0) is 8.81. The molecule has 0 spiro atoms. The Morgan fingerprint density at radius 3 is 2.83 bits per heavy atom. The van der Waals surface area contributed by atoms with Gasteiger partial charge in [-0.2, -0.15) is 0 Å². The number of nitrogens with one attached hydrogen (secondary N) is 1. The molecule has 0 aromatic carbocycles. The minimum Gasteiger partial charge on any atom is -0.380 e. The van der Waals surface area contributed by atoms with E-state index < -0.39 is 0 Å². The van der Waals surface area contributed by atoms with Crippen molar-refractivity contribution in [1.29, 1.82) is 0 Å². The van der Waals surface area contributed by atoms with Crippen LogP contribution in [0, 0.1) is 5.92 Å². The van der Waals surface area contributed by atoms with Crippen LogP contribution in [0.25, 0.3) is 0 Å². The molecule has 1 aliphatic carbocycles. The molecule has 0 radical (unpaired) electrons. The van der Waals surface area contributed by atoms with Crippen molar-refractivity contribution in [2.24, 2.45) is 5.92 Å². The molecule has 0 aliphatic heterocycles. The molecular formula is C10H21NO. The lowest BCUT2D eigenvalue weighted by Crippen LogP contribution is -2.28. The number of rotatable bonds is 7. The van der Waals surface area contributed by atoms with Crippen LogP contribution in [0.2, 0.25) is 0 Å². The average molecular weight is 171 g/mol. The second kappa shape index (κ2) is 5.55. The van der Waals surface area contributed by atoms with Crippen molar-refractivity contribution in [3.8, 4) is 0 Å². The fourth-order valence-corrected chi connectivity index (χ4v) is 1.06. The number of hydrogen-bond donors (Lipinski definition) is 1. The van der Waals surface area contributed by atoms with Crippen LogP contribution in [-0.4, -0.2) is 25.8 Å². The van der Waals surface area contributed by atoms with Crippen molar-refractivity contribution in [2.45, 2.75) is 39.2 Å². The third-order valence-electron chi connectivity index (χ3n) is 2.40. The van der Waals surface area contributed by atoms with Crippen molar-refractivity contribution in [1.82, 2.24) is 5.32 Å². The Balaban J connectivity index is 1.75. The van der Waals surface area contributed by atoms with Gasteiger partial charge in [-0.1, -0.05) is 6.92 Å². The van der Waals surface area contributed by atoms with E-state index in [0.29, 0.717) is 6.04 Å². The minimum atomic E-state index is 0.634. The van der Waals surface area contributed by atoms with Crippen LogP contribution >= 0.6 is 0 Å². The van der Waals surface area contributed by atoms with Gasteiger partial charge in [0.05, 0.1) is 6.61 Å². The Kier molecular flexibility index (Phi) is 4.62. The summed E-state index contributed by atoms with van der Waals surface area (Å²) in [6.45, 7) is 7.27. The predicted molar refractivity (Wildman–Crippen MR) is 51.3 cm³/mol. The Hall–Kier alpha value is -0.0800. The molecule has 0 bridgehead atoms. The van der Waals surface area contributed by atoms with Gasteiger partial charge < -0.3 is 10.1 Å². The van der Waals surface area contributed by atoms with E-state index in [2.05, 4.69) is 19.2 Å². The molecule has 0 amide bonds. The molecule has 1 N–H and O–H groups in total. The summed E-state index contributed by atoms with van der Waals surface area (Å²) in [6, 6.07) is 0.634. The van der Waals surface area contributed by atoms with E-state index >= 15 is 0 Å². The highest BCUT2D eigenvalue weighted by Crippen LogP contribution is 2.28. The summed E-state index contributed by atoms with van der Waals surface area (Å²) in [7, 11) is 0. The summed E-state index contributed by atoms with van der Waals surface area (Å²) in [5.41, 5.74) is 0. The molecule has 1 rings (SSSR count). The summed E-state index contributed by atoms with van der Waals surface area (Å²) < 4.78 is 5.49. The van der Waals surface area contributed by atoms with Crippen molar-refractivity contribution in [2.75, 3.05) is 19.8 Å². The van der Waals surface area contributed by atoms with Gasteiger partial charge in [0.15, 0.2) is 0 Å². The Bertz CT molecular complexity index is 112. The second-order valence-electron chi connectivity index (χ2n) is 3.78. The van der Waals surface area contributed by atoms with E-state index in [1.165, 1.54) is 19.3 Å². The highest BCUT2D eigenvalue weighted by molar-refractivity contribution is 4.72. The van der Waals surface area contributed by atoms with Gasteiger partial charge in [0.25, 0.3) is 0 Å². The van der Waals surface area contributed by atoms with Crippen molar-refractivity contribution in [3.05, 3.63) is 0 Å². The summed E-state index contributed by atoms with van der Waals surface area (Å²) in [5.74, 6) is 0.897. The smallest absolute Gasteiger partial charge is 0.0591 e. The maximum Gasteiger partial charge on any atom is 0.0591 e. The van der Waals surface area contributed by atoms with Gasteiger partial charge in [-0.15, -0.1) is 0 Å². The third kappa shape index (κ3) is 4.73. The molecule has 0 heterocycles. The topological polar surface area (TPSA) is 21.3 Å². The normalized spacial score (nSPS) is 19.5. The van der Waals surface area contributed by atoms with Gasteiger partial charge >= 0.3 is 0 Å². The van der Waals surface area contributed by atoms with Crippen LogP contribution in [0.5, 0.6) is 0 Å². The molecule has 0 aromatic heterocycles. The maximum atomic E-state index is 5.49. The SMILES string of the molecule is CCC(C)NCCOCC1CC1. The van der Waals surface area contributed by atoms with Crippen LogP contribution in [0.1, 0.15) is 33.1 Å². The quantitative estimate of drug-likeness (QED) is 0.590. The lowest BCUT2D eigenvalue weighted by atomic mass is 10.3. The standard InChI is InChI=1S/C10H21NO/c1-3-9(2)11-6-7-12-8-10-4-5-10/h9-11H,3-8H2,1-2H3. The molecule has 1 fully saturated rings. The largest absolute Gasteiger partial charge is 0.380 e. The monoisotopic (exact) mass is 171 g/mol. The van der Waals surface area contributed by atoms with Crippen molar-refractivity contribution >= 4 is 0 Å². The van der Waals surface area contributed by atoms with Crippen LogP contribution in [-0.2, 0) is 4.74 Å². The van der Waals surface area contributed by atoms with Gasteiger partial charge in [0, 0.05) is 19.2 Å².